The van der Waals surface area contributed by atoms with E-state index in [-0.39, 0.29) is 6.61 Å². The van der Waals surface area contributed by atoms with Gasteiger partial charge in [-0.3, -0.25) is 10.3 Å². The van der Waals surface area contributed by atoms with E-state index < -0.39 is 6.10 Å². The zero-order valence-electron chi connectivity index (χ0n) is 14.3. The van der Waals surface area contributed by atoms with Crippen molar-refractivity contribution in [1.29, 1.82) is 0 Å². The molecule has 23 heavy (non-hydrogen) atoms. The summed E-state index contributed by atoms with van der Waals surface area (Å²) in [4.78, 5) is 5.42. The van der Waals surface area contributed by atoms with Crippen molar-refractivity contribution >= 4 is 17.4 Å². The average Bonchev–Trinajstić information content (AvgIpc) is 2.55. The number of aliphatic hydroxyl groups is 1. The predicted octanol–water partition coefficient (Wildman–Crippen LogP) is 3.34. The van der Waals surface area contributed by atoms with Gasteiger partial charge in [0.05, 0.1) is 18.9 Å². The molecule has 0 heterocycles. The maximum absolute atomic E-state index is 9.63. The quantitative estimate of drug-likeness (QED) is 0.423. The summed E-state index contributed by atoms with van der Waals surface area (Å²) in [6.07, 6.45) is 0.411. The van der Waals surface area contributed by atoms with Gasteiger partial charge in [-0.05, 0) is 48.6 Å². The van der Waals surface area contributed by atoms with Crippen molar-refractivity contribution in [3.8, 4) is 5.75 Å². The van der Waals surface area contributed by atoms with Gasteiger partial charge >= 0.3 is 0 Å². The van der Waals surface area contributed by atoms with Crippen molar-refractivity contribution in [3.05, 3.63) is 24.3 Å². The molecule has 0 aliphatic carbocycles. The van der Waals surface area contributed by atoms with Gasteiger partial charge in [0.15, 0.2) is 0 Å². The number of benzene rings is 1. The second kappa shape index (κ2) is 12.5. The summed E-state index contributed by atoms with van der Waals surface area (Å²) in [7, 11) is 0. The Morgan fingerprint density at radius 3 is 2.57 bits per heavy atom. The molecule has 1 atom stereocenters. The molecule has 1 aromatic carbocycles. The summed E-state index contributed by atoms with van der Waals surface area (Å²) in [5.41, 5.74) is 3.80. The van der Waals surface area contributed by atoms with Crippen molar-refractivity contribution in [2.45, 2.75) is 38.5 Å². The fourth-order valence-corrected chi connectivity index (χ4v) is 2.45. The molecule has 132 valence electrons. The molecule has 2 N–H and O–H groups in total. The van der Waals surface area contributed by atoms with Crippen LogP contribution in [-0.2, 0) is 9.57 Å². The van der Waals surface area contributed by atoms with Crippen molar-refractivity contribution in [1.82, 2.24) is 0 Å². The topological polar surface area (TPSA) is 60.0 Å². The average molecular weight is 343 g/mol. The highest BCUT2D eigenvalue weighted by molar-refractivity contribution is 7.99. The molecule has 0 unspecified atom stereocenters. The minimum atomic E-state index is -0.611. The zero-order chi connectivity index (χ0) is 16.9. The van der Waals surface area contributed by atoms with Crippen molar-refractivity contribution in [2.24, 2.45) is 0 Å². The Labute approximate surface area is 143 Å². The predicted molar refractivity (Wildman–Crippen MR) is 96.2 cm³/mol. The van der Waals surface area contributed by atoms with Crippen LogP contribution < -0.4 is 10.2 Å². The molecule has 6 heteroatoms. The molecule has 0 radical (unpaired) electrons. The molecule has 0 spiro atoms. The highest BCUT2D eigenvalue weighted by atomic mass is 32.2. The van der Waals surface area contributed by atoms with Crippen LogP contribution in [0.4, 0.5) is 5.69 Å². The van der Waals surface area contributed by atoms with E-state index >= 15 is 0 Å². The number of ether oxygens (including phenoxy) is 2. The van der Waals surface area contributed by atoms with Crippen LogP contribution in [0.2, 0.25) is 0 Å². The fraction of sp³-hybridized carbons (Fsp3) is 0.647. The number of rotatable bonds is 13. The first-order valence-electron chi connectivity index (χ1n) is 8.10. The maximum Gasteiger partial charge on any atom is 0.119 e. The van der Waals surface area contributed by atoms with Gasteiger partial charge in [-0.2, -0.15) is 11.8 Å². The van der Waals surface area contributed by atoms with E-state index in [1.165, 1.54) is 0 Å². The van der Waals surface area contributed by atoms with Crippen LogP contribution in [0.25, 0.3) is 0 Å². The van der Waals surface area contributed by atoms with Gasteiger partial charge in [0.2, 0.25) is 0 Å². The Balaban J connectivity index is 2.15. The minimum absolute atomic E-state index is 0.219. The number of thioether (sulfide) groups is 1. The molecular formula is C17H29NO4S. The standard InChI is InChI=1S/C17H29NO4S/c1-4-20-12-16(19)13-21-17-8-6-15(7-9-17)18-22-10-5-11-23-14(2)3/h6-9,14,16,18-19H,4-5,10-13H2,1-3H3/t16-/m0/s1. The second-order valence-electron chi connectivity index (χ2n) is 5.37. The number of aliphatic hydroxyl groups excluding tert-OH is 1. The molecule has 0 saturated carbocycles. The molecule has 0 amide bonds. The lowest BCUT2D eigenvalue weighted by molar-refractivity contribution is 0.0164. The van der Waals surface area contributed by atoms with E-state index in [4.69, 9.17) is 14.3 Å². The van der Waals surface area contributed by atoms with E-state index in [0.717, 1.165) is 17.9 Å². The summed E-state index contributed by atoms with van der Waals surface area (Å²) in [5.74, 6) is 1.82. The van der Waals surface area contributed by atoms with Crippen molar-refractivity contribution in [2.75, 3.05) is 37.7 Å². The third-order valence-corrected chi connectivity index (χ3v) is 4.03. The fourth-order valence-electron chi connectivity index (χ4n) is 1.70. The van der Waals surface area contributed by atoms with Crippen LogP contribution in [-0.4, -0.2) is 48.6 Å². The van der Waals surface area contributed by atoms with E-state index in [0.29, 0.717) is 30.8 Å². The van der Waals surface area contributed by atoms with Crippen LogP contribution in [0, 0.1) is 0 Å². The van der Waals surface area contributed by atoms with Gasteiger partial charge in [-0.25, -0.2) is 0 Å². The Morgan fingerprint density at radius 1 is 1.17 bits per heavy atom. The normalized spacial score (nSPS) is 12.4. The van der Waals surface area contributed by atoms with E-state index in [2.05, 4.69) is 19.3 Å². The largest absolute Gasteiger partial charge is 0.491 e. The zero-order valence-corrected chi connectivity index (χ0v) is 15.1. The monoisotopic (exact) mass is 343 g/mol. The molecule has 0 fully saturated rings. The molecule has 0 aliphatic heterocycles. The third-order valence-electron chi connectivity index (χ3n) is 2.84. The number of hydrogen-bond acceptors (Lipinski definition) is 6. The van der Waals surface area contributed by atoms with E-state index in [1.807, 2.05) is 43.0 Å². The van der Waals surface area contributed by atoms with Gasteiger partial charge < -0.3 is 14.6 Å². The number of anilines is 1. The summed E-state index contributed by atoms with van der Waals surface area (Å²) >= 11 is 1.94. The summed E-state index contributed by atoms with van der Waals surface area (Å²) < 4.78 is 10.6. The summed E-state index contributed by atoms with van der Waals surface area (Å²) in [5, 5.41) is 10.3. The number of hydrogen-bond donors (Lipinski definition) is 2. The lowest BCUT2D eigenvalue weighted by Gasteiger charge is -2.13. The van der Waals surface area contributed by atoms with Gasteiger partial charge in [-0.1, -0.05) is 13.8 Å². The maximum atomic E-state index is 9.63. The number of nitrogens with one attached hydrogen (secondary N) is 1. The molecule has 0 saturated heterocycles. The molecule has 5 nitrogen and oxygen atoms in total. The van der Waals surface area contributed by atoms with Crippen LogP contribution in [0.1, 0.15) is 27.2 Å². The van der Waals surface area contributed by atoms with E-state index in [1.54, 1.807) is 0 Å². The Morgan fingerprint density at radius 2 is 1.91 bits per heavy atom. The molecule has 0 aromatic heterocycles. The first-order chi connectivity index (χ1) is 11.1. The SMILES string of the molecule is CCOC[C@H](O)COc1ccc(NOCCCSC(C)C)cc1. The van der Waals surface area contributed by atoms with Gasteiger partial charge in [0.1, 0.15) is 18.5 Å². The van der Waals surface area contributed by atoms with Crippen LogP contribution in [0.3, 0.4) is 0 Å². The minimum Gasteiger partial charge on any atom is -0.491 e. The molecule has 0 bridgehead atoms. The van der Waals surface area contributed by atoms with Crippen molar-refractivity contribution in [3.63, 3.8) is 0 Å². The Kier molecular flexibility index (Phi) is 10.9. The van der Waals surface area contributed by atoms with E-state index in [9.17, 15) is 5.11 Å². The smallest absolute Gasteiger partial charge is 0.119 e. The third kappa shape index (κ3) is 10.4. The lowest BCUT2D eigenvalue weighted by atomic mass is 10.3. The second-order valence-corrected chi connectivity index (χ2v) is 7.06. The highest BCUT2D eigenvalue weighted by Gasteiger charge is 2.05. The molecule has 1 rings (SSSR count). The molecule has 0 aliphatic rings. The first kappa shape index (κ1) is 20.1. The van der Waals surface area contributed by atoms with Crippen LogP contribution in [0.15, 0.2) is 24.3 Å². The Hall–Kier alpha value is -0.950. The van der Waals surface area contributed by atoms with Crippen LogP contribution in [0.5, 0.6) is 5.75 Å². The van der Waals surface area contributed by atoms with Crippen molar-refractivity contribution < 1.29 is 19.4 Å². The highest BCUT2D eigenvalue weighted by Crippen LogP contribution is 2.16. The summed E-state index contributed by atoms with van der Waals surface area (Å²) in [6.45, 7) is 8.07. The lowest BCUT2D eigenvalue weighted by Crippen LogP contribution is -2.23. The van der Waals surface area contributed by atoms with Crippen LogP contribution >= 0.6 is 11.8 Å². The Bertz CT molecular complexity index is 400. The van der Waals surface area contributed by atoms with Gasteiger partial charge in [-0.15, -0.1) is 0 Å². The molecular weight excluding hydrogens is 314 g/mol. The van der Waals surface area contributed by atoms with Gasteiger partial charge in [0.25, 0.3) is 0 Å². The first-order valence-corrected chi connectivity index (χ1v) is 9.14. The summed E-state index contributed by atoms with van der Waals surface area (Å²) in [6, 6.07) is 7.45. The van der Waals surface area contributed by atoms with Gasteiger partial charge in [0, 0.05) is 6.61 Å². The molecule has 1 aromatic rings.